The van der Waals surface area contributed by atoms with Gasteiger partial charge >= 0.3 is 11.9 Å². The highest BCUT2D eigenvalue weighted by Crippen LogP contribution is 2.00. The van der Waals surface area contributed by atoms with Gasteiger partial charge in [0.2, 0.25) is 0 Å². The summed E-state index contributed by atoms with van der Waals surface area (Å²) in [5, 5.41) is 0. The molecular formula is C7H12O4. The van der Waals surface area contributed by atoms with Crippen molar-refractivity contribution >= 4 is 11.9 Å². The summed E-state index contributed by atoms with van der Waals surface area (Å²) in [4.78, 5) is 21.5. The Morgan fingerprint density at radius 3 is 2.27 bits per heavy atom. The van der Waals surface area contributed by atoms with E-state index in [0.717, 1.165) is 0 Å². The molecule has 0 saturated carbocycles. The Morgan fingerprint density at radius 1 is 1.36 bits per heavy atom. The van der Waals surface area contributed by atoms with E-state index in [0.29, 0.717) is 0 Å². The lowest BCUT2D eigenvalue weighted by atomic mass is 10.2. The molecule has 0 aliphatic carbocycles. The summed E-state index contributed by atoms with van der Waals surface area (Å²) in [6, 6.07) is 0. The summed E-state index contributed by atoms with van der Waals surface area (Å²) >= 11 is 0. The Labute approximate surface area is 65.5 Å². The van der Waals surface area contributed by atoms with Gasteiger partial charge in [0.1, 0.15) is 0 Å². The van der Waals surface area contributed by atoms with Crippen LogP contribution in [0.3, 0.4) is 0 Å². The van der Waals surface area contributed by atoms with Gasteiger partial charge in [0.15, 0.2) is 5.92 Å². The first-order chi connectivity index (χ1) is 5.13. The standard InChI is InChI=1S/C7H12O4/c1-4-11-7(9)5(2)6(8)10-3/h5H,4H2,1-3H3. The van der Waals surface area contributed by atoms with E-state index >= 15 is 0 Å². The zero-order valence-corrected chi connectivity index (χ0v) is 6.92. The topological polar surface area (TPSA) is 52.6 Å². The van der Waals surface area contributed by atoms with Crippen molar-refractivity contribution in [3.05, 3.63) is 0 Å². The molecule has 1 unspecified atom stereocenters. The van der Waals surface area contributed by atoms with Crippen molar-refractivity contribution in [1.82, 2.24) is 0 Å². The van der Waals surface area contributed by atoms with Gasteiger partial charge in [-0.3, -0.25) is 9.59 Å². The summed E-state index contributed by atoms with van der Waals surface area (Å²) in [7, 11) is 1.23. The Morgan fingerprint density at radius 2 is 1.91 bits per heavy atom. The van der Waals surface area contributed by atoms with Crippen molar-refractivity contribution < 1.29 is 19.1 Å². The first-order valence-electron chi connectivity index (χ1n) is 3.38. The largest absolute Gasteiger partial charge is 0.468 e. The Bertz CT molecular complexity index is 153. The van der Waals surface area contributed by atoms with Crippen molar-refractivity contribution in [3.63, 3.8) is 0 Å². The zero-order chi connectivity index (χ0) is 8.85. The molecule has 0 aromatic carbocycles. The van der Waals surface area contributed by atoms with Gasteiger partial charge in [0.05, 0.1) is 13.7 Å². The van der Waals surface area contributed by atoms with E-state index in [1.807, 2.05) is 0 Å². The van der Waals surface area contributed by atoms with Crippen LogP contribution >= 0.6 is 0 Å². The van der Waals surface area contributed by atoms with E-state index in [1.54, 1.807) is 6.92 Å². The Kier molecular flexibility index (Phi) is 4.26. The summed E-state index contributed by atoms with van der Waals surface area (Å²) in [5.41, 5.74) is 0. The van der Waals surface area contributed by atoms with Gasteiger partial charge in [0, 0.05) is 0 Å². The molecule has 0 rings (SSSR count). The molecule has 0 spiro atoms. The molecule has 1 atom stereocenters. The first-order valence-corrected chi connectivity index (χ1v) is 3.38. The number of carbonyl (C=O) groups is 2. The molecule has 0 bridgehead atoms. The lowest BCUT2D eigenvalue weighted by Crippen LogP contribution is -2.24. The molecule has 0 aromatic heterocycles. The molecule has 0 radical (unpaired) electrons. The molecule has 11 heavy (non-hydrogen) atoms. The summed E-state index contributed by atoms with van der Waals surface area (Å²) in [5.74, 6) is -1.93. The normalized spacial score (nSPS) is 11.9. The average molecular weight is 160 g/mol. The minimum Gasteiger partial charge on any atom is -0.468 e. The summed E-state index contributed by atoms with van der Waals surface area (Å²) in [6.45, 7) is 3.41. The Hall–Kier alpha value is -1.06. The first kappa shape index (κ1) is 9.94. The maximum absolute atomic E-state index is 10.8. The van der Waals surface area contributed by atoms with E-state index in [9.17, 15) is 9.59 Å². The molecule has 0 heterocycles. The third-order valence-corrected chi connectivity index (χ3v) is 1.19. The minimum atomic E-state index is -0.819. The zero-order valence-electron chi connectivity index (χ0n) is 6.92. The second-order valence-electron chi connectivity index (χ2n) is 2.00. The van der Waals surface area contributed by atoms with Crippen molar-refractivity contribution in [2.45, 2.75) is 13.8 Å². The van der Waals surface area contributed by atoms with Gasteiger partial charge in [-0.05, 0) is 13.8 Å². The second-order valence-corrected chi connectivity index (χ2v) is 2.00. The monoisotopic (exact) mass is 160 g/mol. The van der Waals surface area contributed by atoms with Gasteiger partial charge in [-0.2, -0.15) is 0 Å². The molecular weight excluding hydrogens is 148 g/mol. The second kappa shape index (κ2) is 4.71. The quantitative estimate of drug-likeness (QED) is 0.442. The number of ether oxygens (including phenoxy) is 2. The number of hydrogen-bond donors (Lipinski definition) is 0. The molecule has 0 aromatic rings. The molecule has 64 valence electrons. The van der Waals surface area contributed by atoms with E-state index in [4.69, 9.17) is 0 Å². The van der Waals surface area contributed by atoms with Crippen LogP contribution in [0.4, 0.5) is 0 Å². The van der Waals surface area contributed by atoms with Crippen LogP contribution in [0.25, 0.3) is 0 Å². The molecule has 0 amide bonds. The fourth-order valence-corrected chi connectivity index (χ4v) is 0.540. The predicted octanol–water partition coefficient (Wildman–Crippen LogP) is 0.359. The number of carbonyl (C=O) groups excluding carboxylic acids is 2. The molecule has 0 aliphatic rings. The van der Waals surface area contributed by atoms with Crippen molar-refractivity contribution in [1.29, 1.82) is 0 Å². The van der Waals surface area contributed by atoms with Crippen LogP contribution in [0.1, 0.15) is 13.8 Å². The maximum atomic E-state index is 10.8. The van der Waals surface area contributed by atoms with Crippen LogP contribution < -0.4 is 0 Å². The van der Waals surface area contributed by atoms with Crippen molar-refractivity contribution in [3.8, 4) is 0 Å². The average Bonchev–Trinajstić information content (AvgIpc) is 2.02. The highest BCUT2D eigenvalue weighted by Gasteiger charge is 2.22. The third kappa shape index (κ3) is 3.02. The van der Waals surface area contributed by atoms with Crippen LogP contribution in [0.2, 0.25) is 0 Å². The SMILES string of the molecule is CCOC(=O)C(C)C(=O)OC. The van der Waals surface area contributed by atoms with E-state index in [-0.39, 0.29) is 6.61 Å². The van der Waals surface area contributed by atoms with Crippen LogP contribution in [-0.4, -0.2) is 25.7 Å². The van der Waals surface area contributed by atoms with Gasteiger partial charge in [-0.25, -0.2) is 0 Å². The van der Waals surface area contributed by atoms with E-state index in [2.05, 4.69) is 9.47 Å². The smallest absolute Gasteiger partial charge is 0.320 e. The molecule has 0 N–H and O–H groups in total. The predicted molar refractivity (Wildman–Crippen MR) is 37.8 cm³/mol. The minimum absolute atomic E-state index is 0.278. The fraction of sp³-hybridized carbons (Fsp3) is 0.714. The number of rotatable bonds is 3. The lowest BCUT2D eigenvalue weighted by molar-refractivity contribution is -0.159. The van der Waals surface area contributed by atoms with Crippen LogP contribution in [0.15, 0.2) is 0 Å². The van der Waals surface area contributed by atoms with Crippen LogP contribution in [0.5, 0.6) is 0 Å². The van der Waals surface area contributed by atoms with E-state index in [1.165, 1.54) is 14.0 Å². The van der Waals surface area contributed by atoms with Crippen molar-refractivity contribution in [2.75, 3.05) is 13.7 Å². The number of methoxy groups -OCH3 is 1. The number of esters is 2. The molecule has 4 nitrogen and oxygen atoms in total. The highest BCUT2D eigenvalue weighted by molar-refractivity contribution is 5.94. The summed E-state index contributed by atoms with van der Waals surface area (Å²) in [6.07, 6.45) is 0. The van der Waals surface area contributed by atoms with Gasteiger partial charge in [0.25, 0.3) is 0 Å². The van der Waals surface area contributed by atoms with Gasteiger partial charge in [-0.1, -0.05) is 0 Å². The van der Waals surface area contributed by atoms with Crippen molar-refractivity contribution in [2.24, 2.45) is 5.92 Å². The van der Waals surface area contributed by atoms with Crippen LogP contribution in [0, 0.1) is 5.92 Å². The third-order valence-electron chi connectivity index (χ3n) is 1.19. The van der Waals surface area contributed by atoms with E-state index < -0.39 is 17.9 Å². The molecule has 4 heteroatoms. The van der Waals surface area contributed by atoms with Crippen LogP contribution in [-0.2, 0) is 19.1 Å². The Balaban J connectivity index is 3.91. The lowest BCUT2D eigenvalue weighted by Gasteiger charge is -2.06. The highest BCUT2D eigenvalue weighted by atomic mass is 16.5. The maximum Gasteiger partial charge on any atom is 0.320 e. The fourth-order valence-electron chi connectivity index (χ4n) is 0.540. The molecule has 0 aliphatic heterocycles. The molecule has 0 fully saturated rings. The van der Waals surface area contributed by atoms with Gasteiger partial charge < -0.3 is 9.47 Å². The summed E-state index contributed by atoms with van der Waals surface area (Å²) < 4.78 is 8.93. The molecule has 0 saturated heterocycles. The van der Waals surface area contributed by atoms with Gasteiger partial charge in [-0.15, -0.1) is 0 Å². The number of hydrogen-bond acceptors (Lipinski definition) is 4.